The Morgan fingerprint density at radius 1 is 1.09 bits per heavy atom. The van der Waals surface area contributed by atoms with Gasteiger partial charge in [-0.15, -0.1) is 0 Å². The Kier molecular flexibility index (Phi) is 3.70. The summed E-state index contributed by atoms with van der Waals surface area (Å²) in [6, 6.07) is 13.6. The van der Waals surface area contributed by atoms with Crippen molar-refractivity contribution in [2.24, 2.45) is 0 Å². The predicted molar refractivity (Wildman–Crippen MR) is 88.9 cm³/mol. The number of aromatic nitrogens is 1. The third-order valence-electron chi connectivity index (χ3n) is 3.36. The summed E-state index contributed by atoms with van der Waals surface area (Å²) in [5, 5.41) is 7.23. The Balaban J connectivity index is 1.88. The van der Waals surface area contributed by atoms with Crippen LogP contribution < -0.4 is 15.4 Å². The summed E-state index contributed by atoms with van der Waals surface area (Å²) in [6.45, 7) is 1.48. The second-order valence-electron chi connectivity index (χ2n) is 5.00. The molecule has 0 fully saturated rings. The minimum Gasteiger partial charge on any atom is -0.494 e. The van der Waals surface area contributed by atoms with Crippen LogP contribution in [-0.4, -0.2) is 18.0 Å². The standard InChI is InChI=1S/C17H17N3O2/c1-11(21)19-14-5-6-15(17(10-14)22-2)20-13-4-3-12-7-8-18-16(12)9-13/h3-10,18,20H,1-2H3,(H,19,21). The van der Waals surface area contributed by atoms with Crippen molar-refractivity contribution in [1.29, 1.82) is 0 Å². The minimum atomic E-state index is -0.111. The summed E-state index contributed by atoms with van der Waals surface area (Å²) in [4.78, 5) is 14.3. The van der Waals surface area contributed by atoms with Crippen molar-refractivity contribution in [3.63, 3.8) is 0 Å². The quantitative estimate of drug-likeness (QED) is 0.684. The molecule has 0 saturated carbocycles. The van der Waals surface area contributed by atoms with Gasteiger partial charge >= 0.3 is 0 Å². The number of carbonyl (C=O) groups is 1. The van der Waals surface area contributed by atoms with E-state index in [9.17, 15) is 4.79 Å². The van der Waals surface area contributed by atoms with Gasteiger partial charge in [0.15, 0.2) is 0 Å². The second kappa shape index (κ2) is 5.81. The number of hydrogen-bond donors (Lipinski definition) is 3. The third-order valence-corrected chi connectivity index (χ3v) is 3.36. The molecule has 0 saturated heterocycles. The van der Waals surface area contributed by atoms with Crippen LogP contribution in [0.15, 0.2) is 48.7 Å². The fraction of sp³-hybridized carbons (Fsp3) is 0.118. The molecule has 0 bridgehead atoms. The monoisotopic (exact) mass is 295 g/mol. The number of hydrogen-bond acceptors (Lipinski definition) is 3. The second-order valence-corrected chi connectivity index (χ2v) is 5.00. The molecule has 0 aliphatic rings. The van der Waals surface area contributed by atoms with Crippen molar-refractivity contribution in [3.05, 3.63) is 48.7 Å². The van der Waals surface area contributed by atoms with E-state index in [2.05, 4.69) is 15.6 Å². The summed E-state index contributed by atoms with van der Waals surface area (Å²) in [5.74, 6) is 0.554. The van der Waals surface area contributed by atoms with E-state index >= 15 is 0 Å². The van der Waals surface area contributed by atoms with Gasteiger partial charge in [0.05, 0.1) is 12.8 Å². The van der Waals surface area contributed by atoms with Crippen LogP contribution in [0.1, 0.15) is 6.92 Å². The van der Waals surface area contributed by atoms with Gasteiger partial charge in [-0.2, -0.15) is 0 Å². The molecular weight excluding hydrogens is 278 g/mol. The maximum Gasteiger partial charge on any atom is 0.221 e. The molecule has 5 heteroatoms. The summed E-state index contributed by atoms with van der Waals surface area (Å²) >= 11 is 0. The number of anilines is 3. The molecule has 2 aromatic carbocycles. The van der Waals surface area contributed by atoms with Crippen LogP contribution in [0.4, 0.5) is 17.1 Å². The van der Waals surface area contributed by atoms with Gasteiger partial charge in [0.25, 0.3) is 0 Å². The lowest BCUT2D eigenvalue weighted by Gasteiger charge is -2.13. The lowest BCUT2D eigenvalue weighted by molar-refractivity contribution is -0.114. The summed E-state index contributed by atoms with van der Waals surface area (Å²) in [7, 11) is 1.60. The first kappa shape index (κ1) is 14.0. The van der Waals surface area contributed by atoms with Gasteiger partial charge in [0.2, 0.25) is 5.91 Å². The number of H-pyrrole nitrogens is 1. The molecule has 1 heterocycles. The molecule has 1 amide bonds. The Bertz CT molecular complexity index is 824. The molecule has 0 aliphatic carbocycles. The average Bonchev–Trinajstić information content (AvgIpc) is 2.95. The molecule has 5 nitrogen and oxygen atoms in total. The molecule has 0 unspecified atom stereocenters. The largest absolute Gasteiger partial charge is 0.494 e. The van der Waals surface area contributed by atoms with E-state index in [1.54, 1.807) is 13.2 Å². The highest BCUT2D eigenvalue weighted by molar-refractivity contribution is 5.90. The number of ether oxygens (including phenoxy) is 1. The lowest BCUT2D eigenvalue weighted by Crippen LogP contribution is -2.06. The molecule has 3 rings (SSSR count). The fourth-order valence-electron chi connectivity index (χ4n) is 2.36. The van der Waals surface area contributed by atoms with Gasteiger partial charge in [-0.3, -0.25) is 4.79 Å². The van der Waals surface area contributed by atoms with Crippen molar-refractivity contribution >= 4 is 33.9 Å². The van der Waals surface area contributed by atoms with Crippen molar-refractivity contribution in [2.75, 3.05) is 17.7 Å². The van der Waals surface area contributed by atoms with Crippen LogP contribution in [0.25, 0.3) is 10.9 Å². The molecule has 112 valence electrons. The molecule has 3 N–H and O–H groups in total. The van der Waals surface area contributed by atoms with E-state index in [0.717, 1.165) is 16.9 Å². The summed E-state index contributed by atoms with van der Waals surface area (Å²) < 4.78 is 5.39. The van der Waals surface area contributed by atoms with Crippen LogP contribution in [-0.2, 0) is 4.79 Å². The van der Waals surface area contributed by atoms with Gasteiger partial charge in [-0.05, 0) is 35.7 Å². The van der Waals surface area contributed by atoms with Crippen LogP contribution >= 0.6 is 0 Å². The van der Waals surface area contributed by atoms with E-state index in [1.807, 2.05) is 42.6 Å². The zero-order chi connectivity index (χ0) is 15.5. The number of benzene rings is 2. The van der Waals surface area contributed by atoms with E-state index in [-0.39, 0.29) is 5.91 Å². The molecule has 0 spiro atoms. The van der Waals surface area contributed by atoms with Crippen molar-refractivity contribution in [1.82, 2.24) is 4.98 Å². The number of methoxy groups -OCH3 is 1. The number of aromatic amines is 1. The molecule has 3 aromatic rings. The van der Waals surface area contributed by atoms with Crippen LogP contribution in [0.3, 0.4) is 0 Å². The fourth-order valence-corrected chi connectivity index (χ4v) is 2.36. The van der Waals surface area contributed by atoms with Crippen LogP contribution in [0.5, 0.6) is 5.75 Å². The molecule has 22 heavy (non-hydrogen) atoms. The highest BCUT2D eigenvalue weighted by Gasteiger charge is 2.06. The van der Waals surface area contributed by atoms with Crippen molar-refractivity contribution < 1.29 is 9.53 Å². The zero-order valence-corrected chi connectivity index (χ0v) is 12.4. The smallest absolute Gasteiger partial charge is 0.221 e. The van der Waals surface area contributed by atoms with Crippen molar-refractivity contribution in [3.8, 4) is 5.75 Å². The number of nitrogens with one attached hydrogen (secondary N) is 3. The SMILES string of the molecule is COc1cc(NC(C)=O)ccc1Nc1ccc2cc[nH]c2c1. The van der Waals surface area contributed by atoms with Crippen LogP contribution in [0, 0.1) is 0 Å². The van der Waals surface area contributed by atoms with Crippen molar-refractivity contribution in [2.45, 2.75) is 6.92 Å². The van der Waals surface area contributed by atoms with Crippen LogP contribution in [0.2, 0.25) is 0 Å². The molecule has 0 radical (unpaired) electrons. The number of rotatable bonds is 4. The minimum absolute atomic E-state index is 0.111. The number of fused-ring (bicyclic) bond motifs is 1. The number of amides is 1. The first-order valence-corrected chi connectivity index (χ1v) is 6.95. The zero-order valence-electron chi connectivity index (χ0n) is 12.4. The van der Waals surface area contributed by atoms with Gasteiger partial charge < -0.3 is 20.4 Å². The van der Waals surface area contributed by atoms with Gasteiger partial charge in [-0.25, -0.2) is 0 Å². The highest BCUT2D eigenvalue weighted by atomic mass is 16.5. The van der Waals surface area contributed by atoms with E-state index in [1.165, 1.54) is 12.3 Å². The Morgan fingerprint density at radius 3 is 2.68 bits per heavy atom. The third kappa shape index (κ3) is 2.88. The van der Waals surface area contributed by atoms with E-state index in [0.29, 0.717) is 11.4 Å². The van der Waals surface area contributed by atoms with E-state index in [4.69, 9.17) is 4.74 Å². The normalized spacial score (nSPS) is 10.5. The van der Waals surface area contributed by atoms with Gasteiger partial charge in [0, 0.05) is 36.1 Å². The highest BCUT2D eigenvalue weighted by Crippen LogP contribution is 2.31. The van der Waals surface area contributed by atoms with E-state index < -0.39 is 0 Å². The average molecular weight is 295 g/mol. The molecule has 0 aliphatic heterocycles. The van der Waals surface area contributed by atoms with Gasteiger partial charge in [-0.1, -0.05) is 6.07 Å². The summed E-state index contributed by atoms with van der Waals surface area (Å²) in [5.41, 5.74) is 3.57. The molecule has 0 atom stereocenters. The maximum absolute atomic E-state index is 11.1. The topological polar surface area (TPSA) is 66.2 Å². The number of carbonyl (C=O) groups excluding carboxylic acids is 1. The Hall–Kier alpha value is -2.95. The van der Waals surface area contributed by atoms with Gasteiger partial charge in [0.1, 0.15) is 5.75 Å². The first-order chi connectivity index (χ1) is 10.7. The maximum atomic E-state index is 11.1. The molecular formula is C17H17N3O2. The first-order valence-electron chi connectivity index (χ1n) is 6.95. The lowest BCUT2D eigenvalue weighted by atomic mass is 10.2. The predicted octanol–water partition coefficient (Wildman–Crippen LogP) is 3.88. The molecule has 1 aromatic heterocycles. The Morgan fingerprint density at radius 2 is 1.91 bits per heavy atom. The summed E-state index contributed by atoms with van der Waals surface area (Å²) in [6.07, 6.45) is 1.91. The Labute approximate surface area is 128 Å².